The summed E-state index contributed by atoms with van der Waals surface area (Å²) in [5.74, 6) is 1.59. The monoisotopic (exact) mass is 694 g/mol. The largest absolute Gasteiger partial charge is 0.452 e. The zero-order valence-electron chi connectivity index (χ0n) is 29.3. The molecule has 4 nitrogen and oxygen atoms in total. The van der Waals surface area contributed by atoms with E-state index in [0.29, 0.717) is 0 Å². The van der Waals surface area contributed by atoms with E-state index in [0.717, 1.165) is 89.5 Å². The van der Waals surface area contributed by atoms with Crippen LogP contribution in [-0.2, 0) is 0 Å². The molecular weight excluding hydrogens is 661 g/mol. The second-order valence-electron chi connectivity index (χ2n) is 13.4. The number of para-hydroxylation sites is 4. The van der Waals surface area contributed by atoms with Crippen molar-refractivity contribution in [3.63, 3.8) is 0 Å². The molecule has 0 saturated carbocycles. The standard InChI is InChI=1S/C50H34N2O2/c1-5-15-37(16-6-1)51(38-17-7-2-8-18-38)41-29-25-35(26-30-41)47-33-45-43-23-13-14-24-44(43)46-34-48(54-50(46)49(45)53-47)36-27-31-42(32-28-36)52(39-19-9-3-10-20-39)40-21-11-4-12-22-40/h1-34H. The summed E-state index contributed by atoms with van der Waals surface area (Å²) in [4.78, 5) is 4.52. The van der Waals surface area contributed by atoms with E-state index >= 15 is 0 Å². The van der Waals surface area contributed by atoms with Gasteiger partial charge >= 0.3 is 0 Å². The second-order valence-corrected chi connectivity index (χ2v) is 13.4. The SMILES string of the molecule is c1ccc(N(c2ccccc2)c2ccc(-c3cc4c5ccccc5c5cc(-c6ccc(N(c7ccccc7)c7ccccc7)cc6)oc5c4o3)cc2)cc1. The fraction of sp³-hybridized carbons (Fsp3) is 0. The zero-order valence-corrected chi connectivity index (χ0v) is 29.3. The Labute approximate surface area is 313 Å². The van der Waals surface area contributed by atoms with Gasteiger partial charge in [0.2, 0.25) is 0 Å². The number of fused-ring (bicyclic) bond motifs is 6. The van der Waals surface area contributed by atoms with Crippen LogP contribution < -0.4 is 9.80 Å². The Balaban J connectivity index is 1.04. The van der Waals surface area contributed by atoms with Crippen LogP contribution in [0, 0.1) is 0 Å². The molecule has 0 amide bonds. The van der Waals surface area contributed by atoms with Crippen LogP contribution in [0.25, 0.3) is 55.4 Å². The molecule has 10 rings (SSSR count). The van der Waals surface area contributed by atoms with E-state index in [9.17, 15) is 0 Å². The number of furan rings is 2. The number of benzene rings is 8. The van der Waals surface area contributed by atoms with Gasteiger partial charge in [0.1, 0.15) is 11.5 Å². The fourth-order valence-electron chi connectivity index (χ4n) is 7.51. The van der Waals surface area contributed by atoms with Gasteiger partial charge in [-0.25, -0.2) is 0 Å². The van der Waals surface area contributed by atoms with Gasteiger partial charge in [0.05, 0.1) is 0 Å². The molecule has 0 bridgehead atoms. The molecule has 10 aromatic rings. The van der Waals surface area contributed by atoms with Gasteiger partial charge in [-0.1, -0.05) is 97.1 Å². The zero-order chi connectivity index (χ0) is 35.8. The summed E-state index contributed by atoms with van der Waals surface area (Å²) in [6, 6.07) is 71.7. The molecule has 54 heavy (non-hydrogen) atoms. The van der Waals surface area contributed by atoms with Crippen molar-refractivity contribution in [1.82, 2.24) is 0 Å². The molecule has 0 radical (unpaired) electrons. The highest BCUT2D eigenvalue weighted by atomic mass is 16.4. The molecule has 0 atom stereocenters. The molecular formula is C50H34N2O2. The highest BCUT2D eigenvalue weighted by molar-refractivity contribution is 6.23. The first-order valence-corrected chi connectivity index (χ1v) is 18.2. The predicted molar refractivity (Wildman–Crippen MR) is 224 cm³/mol. The van der Waals surface area contributed by atoms with Crippen molar-refractivity contribution in [2.45, 2.75) is 0 Å². The van der Waals surface area contributed by atoms with E-state index in [1.54, 1.807) is 0 Å². The van der Waals surface area contributed by atoms with Crippen molar-refractivity contribution in [3.8, 4) is 22.6 Å². The van der Waals surface area contributed by atoms with Crippen molar-refractivity contribution >= 4 is 66.8 Å². The van der Waals surface area contributed by atoms with Gasteiger partial charge in [0.15, 0.2) is 11.2 Å². The fourth-order valence-corrected chi connectivity index (χ4v) is 7.51. The van der Waals surface area contributed by atoms with Gasteiger partial charge < -0.3 is 18.6 Å². The van der Waals surface area contributed by atoms with Gasteiger partial charge in [0, 0.05) is 56.0 Å². The Kier molecular flexibility index (Phi) is 7.77. The maximum atomic E-state index is 6.73. The summed E-state index contributed by atoms with van der Waals surface area (Å²) < 4.78 is 13.5. The molecule has 0 spiro atoms. The van der Waals surface area contributed by atoms with Crippen LogP contribution >= 0.6 is 0 Å². The molecule has 0 aliphatic carbocycles. The number of hydrogen-bond acceptors (Lipinski definition) is 4. The third kappa shape index (κ3) is 5.58. The third-order valence-corrected chi connectivity index (χ3v) is 10.1. The lowest BCUT2D eigenvalue weighted by Gasteiger charge is -2.25. The molecule has 4 heteroatoms. The summed E-state index contributed by atoms with van der Waals surface area (Å²) in [7, 11) is 0. The molecule has 8 aromatic carbocycles. The van der Waals surface area contributed by atoms with Crippen LogP contribution in [0.3, 0.4) is 0 Å². The quantitative estimate of drug-likeness (QED) is 0.158. The smallest absolute Gasteiger partial charge is 0.178 e. The minimum absolute atomic E-state index is 0.750. The number of rotatable bonds is 8. The van der Waals surface area contributed by atoms with Gasteiger partial charge in [-0.15, -0.1) is 0 Å². The topological polar surface area (TPSA) is 32.8 Å². The first-order chi connectivity index (χ1) is 26.8. The van der Waals surface area contributed by atoms with Gasteiger partial charge in [-0.3, -0.25) is 0 Å². The van der Waals surface area contributed by atoms with Crippen molar-refractivity contribution < 1.29 is 8.83 Å². The molecule has 2 aromatic heterocycles. The maximum Gasteiger partial charge on any atom is 0.178 e. The van der Waals surface area contributed by atoms with E-state index in [1.807, 2.05) is 24.3 Å². The Bertz CT molecular complexity index is 2570. The van der Waals surface area contributed by atoms with E-state index < -0.39 is 0 Å². The lowest BCUT2D eigenvalue weighted by atomic mass is 10.0. The first kappa shape index (κ1) is 31.4. The van der Waals surface area contributed by atoms with Gasteiger partial charge in [-0.05, 0) is 120 Å². The van der Waals surface area contributed by atoms with Crippen molar-refractivity contribution in [3.05, 3.63) is 206 Å². The average Bonchev–Trinajstić information content (AvgIpc) is 3.90. The molecule has 0 aliphatic rings. The summed E-state index contributed by atoms with van der Waals surface area (Å²) in [5, 5.41) is 4.33. The third-order valence-electron chi connectivity index (χ3n) is 10.1. The highest BCUT2D eigenvalue weighted by Crippen LogP contribution is 2.44. The van der Waals surface area contributed by atoms with Crippen LogP contribution in [0.15, 0.2) is 215 Å². The highest BCUT2D eigenvalue weighted by Gasteiger charge is 2.20. The van der Waals surface area contributed by atoms with Crippen LogP contribution in [-0.4, -0.2) is 0 Å². The number of nitrogens with zero attached hydrogens (tertiary/aromatic N) is 2. The van der Waals surface area contributed by atoms with E-state index in [2.05, 4.69) is 192 Å². The number of anilines is 6. The van der Waals surface area contributed by atoms with Crippen LogP contribution in [0.1, 0.15) is 0 Å². The Hall–Kier alpha value is -7.30. The maximum absolute atomic E-state index is 6.73. The predicted octanol–water partition coefficient (Wildman–Crippen LogP) is 14.6. The molecule has 0 fully saturated rings. The second kappa shape index (κ2) is 13.4. The minimum Gasteiger partial charge on any atom is -0.452 e. The molecule has 256 valence electrons. The van der Waals surface area contributed by atoms with E-state index in [-0.39, 0.29) is 0 Å². The van der Waals surface area contributed by atoms with Crippen LogP contribution in [0.2, 0.25) is 0 Å². The Morgan fingerprint density at radius 2 is 0.537 bits per heavy atom. The number of hydrogen-bond donors (Lipinski definition) is 0. The molecule has 0 unspecified atom stereocenters. The molecule has 0 aliphatic heterocycles. The summed E-state index contributed by atoms with van der Waals surface area (Å²) in [6.45, 7) is 0. The van der Waals surface area contributed by atoms with E-state index in [4.69, 9.17) is 8.83 Å². The van der Waals surface area contributed by atoms with Gasteiger partial charge in [-0.2, -0.15) is 0 Å². The van der Waals surface area contributed by atoms with Crippen molar-refractivity contribution in [2.75, 3.05) is 9.80 Å². The first-order valence-electron chi connectivity index (χ1n) is 18.2. The van der Waals surface area contributed by atoms with Gasteiger partial charge in [0.25, 0.3) is 0 Å². The average molecular weight is 695 g/mol. The Morgan fingerprint density at radius 1 is 0.259 bits per heavy atom. The Morgan fingerprint density at radius 3 is 0.852 bits per heavy atom. The normalized spacial score (nSPS) is 11.3. The summed E-state index contributed by atoms with van der Waals surface area (Å²) in [6.07, 6.45) is 0. The molecule has 0 N–H and O–H groups in total. The summed E-state index contributed by atoms with van der Waals surface area (Å²) >= 11 is 0. The minimum atomic E-state index is 0.750. The lowest BCUT2D eigenvalue weighted by molar-refractivity contribution is 0.598. The summed E-state index contributed by atoms with van der Waals surface area (Å²) in [5.41, 5.74) is 10.0. The van der Waals surface area contributed by atoms with Crippen molar-refractivity contribution in [1.29, 1.82) is 0 Å². The molecule has 0 saturated heterocycles. The van der Waals surface area contributed by atoms with Crippen molar-refractivity contribution in [2.24, 2.45) is 0 Å². The van der Waals surface area contributed by atoms with Crippen LogP contribution in [0.5, 0.6) is 0 Å². The lowest BCUT2D eigenvalue weighted by Crippen LogP contribution is -2.09. The van der Waals surface area contributed by atoms with E-state index in [1.165, 1.54) is 0 Å². The molecule has 2 heterocycles. The van der Waals surface area contributed by atoms with Crippen LogP contribution in [0.4, 0.5) is 34.1 Å².